The summed E-state index contributed by atoms with van der Waals surface area (Å²) in [6.07, 6.45) is 0.100. The second-order valence-electron chi connectivity index (χ2n) is 5.27. The van der Waals surface area contributed by atoms with E-state index in [1.165, 1.54) is 5.56 Å². The lowest BCUT2D eigenvalue weighted by atomic mass is 9.86. The predicted molar refractivity (Wildman–Crippen MR) is 70.5 cm³/mol. The first kappa shape index (κ1) is 14.4. The Morgan fingerprint density at radius 3 is 2.11 bits per heavy atom. The van der Waals surface area contributed by atoms with Crippen LogP contribution in [0.3, 0.4) is 0 Å². The number of benzene rings is 1. The maximum Gasteiger partial charge on any atom is 0.374 e. The number of carbonyl (C=O) groups is 2. The Hall–Kier alpha value is -1.64. The largest absolute Gasteiger partial charge is 0.460 e. The topological polar surface area (TPSA) is 43.4 Å². The summed E-state index contributed by atoms with van der Waals surface area (Å²) in [5.74, 6) is -1.25. The van der Waals surface area contributed by atoms with Crippen molar-refractivity contribution in [3.8, 4) is 0 Å². The van der Waals surface area contributed by atoms with Crippen molar-refractivity contribution in [2.24, 2.45) is 0 Å². The lowest BCUT2D eigenvalue weighted by Gasteiger charge is -2.19. The van der Waals surface area contributed by atoms with Crippen LogP contribution >= 0.6 is 0 Å². The van der Waals surface area contributed by atoms with E-state index in [-0.39, 0.29) is 18.4 Å². The van der Waals surface area contributed by atoms with E-state index >= 15 is 0 Å². The quantitative estimate of drug-likeness (QED) is 0.607. The van der Waals surface area contributed by atoms with Gasteiger partial charge in [0.1, 0.15) is 0 Å². The highest BCUT2D eigenvalue weighted by Crippen LogP contribution is 2.22. The maximum atomic E-state index is 11.5. The minimum atomic E-state index is -0.752. The van der Waals surface area contributed by atoms with Gasteiger partial charge in [-0.2, -0.15) is 0 Å². The molecule has 0 amide bonds. The van der Waals surface area contributed by atoms with E-state index in [2.05, 4.69) is 25.5 Å². The number of esters is 1. The smallest absolute Gasteiger partial charge is 0.374 e. The van der Waals surface area contributed by atoms with Crippen molar-refractivity contribution in [3.63, 3.8) is 0 Å². The highest BCUT2D eigenvalue weighted by atomic mass is 16.5. The van der Waals surface area contributed by atoms with Gasteiger partial charge >= 0.3 is 5.97 Å². The molecule has 1 rings (SSSR count). The molecule has 0 fully saturated rings. The van der Waals surface area contributed by atoms with Gasteiger partial charge in [0.2, 0.25) is 5.78 Å². The standard InChI is InChI=1S/C15H20O3/c1-5-18-14(17)13(16)10-11-6-8-12(9-7-11)15(2,3)4/h6-9H,5,10H2,1-4H3. The van der Waals surface area contributed by atoms with E-state index in [4.69, 9.17) is 0 Å². The summed E-state index contributed by atoms with van der Waals surface area (Å²) in [6.45, 7) is 8.31. The van der Waals surface area contributed by atoms with E-state index in [1.54, 1.807) is 6.92 Å². The van der Waals surface area contributed by atoms with Crippen LogP contribution in [-0.2, 0) is 26.2 Å². The third kappa shape index (κ3) is 3.99. The second kappa shape index (κ2) is 5.80. The fourth-order valence-electron chi connectivity index (χ4n) is 1.59. The Balaban J connectivity index is 2.70. The Labute approximate surface area is 108 Å². The molecule has 0 aliphatic heterocycles. The summed E-state index contributed by atoms with van der Waals surface area (Å²) in [4.78, 5) is 22.7. The van der Waals surface area contributed by atoms with E-state index in [0.29, 0.717) is 0 Å². The Kier molecular flexibility index (Phi) is 4.65. The van der Waals surface area contributed by atoms with Crippen molar-refractivity contribution < 1.29 is 14.3 Å². The van der Waals surface area contributed by atoms with Crippen molar-refractivity contribution >= 4 is 11.8 Å². The predicted octanol–water partition coefficient (Wildman–Crippen LogP) is 2.66. The Morgan fingerprint density at radius 1 is 1.11 bits per heavy atom. The lowest BCUT2D eigenvalue weighted by Crippen LogP contribution is -2.19. The molecule has 1 aromatic rings. The first-order valence-corrected chi connectivity index (χ1v) is 6.14. The molecule has 0 aromatic heterocycles. The molecular formula is C15H20O3. The fraction of sp³-hybridized carbons (Fsp3) is 0.467. The van der Waals surface area contributed by atoms with Gasteiger partial charge in [0.15, 0.2) is 0 Å². The van der Waals surface area contributed by atoms with E-state index in [9.17, 15) is 9.59 Å². The summed E-state index contributed by atoms with van der Waals surface area (Å²) >= 11 is 0. The van der Waals surface area contributed by atoms with Gasteiger partial charge < -0.3 is 4.74 Å². The van der Waals surface area contributed by atoms with E-state index in [1.807, 2.05) is 24.3 Å². The average Bonchev–Trinajstić information content (AvgIpc) is 2.28. The van der Waals surface area contributed by atoms with Gasteiger partial charge in [-0.3, -0.25) is 4.79 Å². The Bertz CT molecular complexity index is 424. The highest BCUT2D eigenvalue weighted by molar-refractivity contribution is 6.34. The van der Waals surface area contributed by atoms with E-state index in [0.717, 1.165) is 5.56 Å². The van der Waals surface area contributed by atoms with Crippen LogP contribution in [0.2, 0.25) is 0 Å². The van der Waals surface area contributed by atoms with Crippen LogP contribution in [0.5, 0.6) is 0 Å². The number of ketones is 1. The first-order chi connectivity index (χ1) is 8.34. The number of rotatable bonds is 4. The summed E-state index contributed by atoms with van der Waals surface area (Å²) in [7, 11) is 0. The van der Waals surface area contributed by atoms with Crippen LogP contribution in [-0.4, -0.2) is 18.4 Å². The molecule has 1 aromatic carbocycles. The Morgan fingerprint density at radius 2 is 1.67 bits per heavy atom. The average molecular weight is 248 g/mol. The summed E-state index contributed by atoms with van der Waals surface area (Å²) in [5, 5.41) is 0. The minimum Gasteiger partial charge on any atom is -0.460 e. The molecule has 18 heavy (non-hydrogen) atoms. The first-order valence-electron chi connectivity index (χ1n) is 6.14. The zero-order valence-electron chi connectivity index (χ0n) is 11.4. The highest BCUT2D eigenvalue weighted by Gasteiger charge is 2.16. The molecule has 3 nitrogen and oxygen atoms in total. The van der Waals surface area contributed by atoms with Crippen molar-refractivity contribution in [3.05, 3.63) is 35.4 Å². The van der Waals surface area contributed by atoms with Gasteiger partial charge in [-0.05, 0) is 23.5 Å². The number of ether oxygens (including phenoxy) is 1. The van der Waals surface area contributed by atoms with Crippen LogP contribution in [0.4, 0.5) is 0 Å². The molecule has 0 atom stereocenters. The molecule has 0 saturated carbocycles. The SMILES string of the molecule is CCOC(=O)C(=O)Cc1ccc(C(C)(C)C)cc1. The summed E-state index contributed by atoms with van der Waals surface area (Å²) < 4.78 is 4.67. The zero-order chi connectivity index (χ0) is 13.8. The van der Waals surface area contributed by atoms with Crippen molar-refractivity contribution in [2.45, 2.75) is 39.5 Å². The van der Waals surface area contributed by atoms with Crippen LogP contribution in [0.1, 0.15) is 38.8 Å². The van der Waals surface area contributed by atoms with Crippen LogP contribution in [0.15, 0.2) is 24.3 Å². The number of hydrogen-bond acceptors (Lipinski definition) is 3. The maximum absolute atomic E-state index is 11.5. The van der Waals surface area contributed by atoms with Crippen LogP contribution in [0.25, 0.3) is 0 Å². The monoisotopic (exact) mass is 248 g/mol. The lowest BCUT2D eigenvalue weighted by molar-refractivity contribution is -0.153. The molecule has 0 bridgehead atoms. The van der Waals surface area contributed by atoms with Gasteiger partial charge in [0.05, 0.1) is 6.61 Å². The summed E-state index contributed by atoms with van der Waals surface area (Å²) in [6, 6.07) is 7.76. The molecule has 0 heterocycles. The van der Waals surface area contributed by atoms with Crippen molar-refractivity contribution in [2.75, 3.05) is 6.61 Å². The van der Waals surface area contributed by atoms with Gasteiger partial charge in [0, 0.05) is 6.42 Å². The van der Waals surface area contributed by atoms with Crippen LogP contribution < -0.4 is 0 Å². The molecule has 0 spiro atoms. The third-order valence-corrected chi connectivity index (χ3v) is 2.69. The molecule has 0 N–H and O–H groups in total. The zero-order valence-corrected chi connectivity index (χ0v) is 11.4. The molecule has 0 aliphatic carbocycles. The molecule has 0 saturated heterocycles. The van der Waals surface area contributed by atoms with Crippen molar-refractivity contribution in [1.29, 1.82) is 0 Å². The molecular weight excluding hydrogens is 228 g/mol. The van der Waals surface area contributed by atoms with Crippen LogP contribution in [0, 0.1) is 0 Å². The molecule has 98 valence electrons. The van der Waals surface area contributed by atoms with Gasteiger partial charge in [-0.25, -0.2) is 4.79 Å². The summed E-state index contributed by atoms with van der Waals surface area (Å²) in [5.41, 5.74) is 2.12. The molecule has 0 aliphatic rings. The number of hydrogen-bond donors (Lipinski definition) is 0. The second-order valence-corrected chi connectivity index (χ2v) is 5.27. The van der Waals surface area contributed by atoms with Gasteiger partial charge in [-0.15, -0.1) is 0 Å². The van der Waals surface area contributed by atoms with Gasteiger partial charge in [0.25, 0.3) is 0 Å². The minimum absolute atomic E-state index is 0.0870. The molecule has 0 unspecified atom stereocenters. The fourth-order valence-corrected chi connectivity index (χ4v) is 1.59. The normalized spacial score (nSPS) is 11.1. The molecule has 0 radical (unpaired) electrons. The molecule has 3 heteroatoms. The van der Waals surface area contributed by atoms with E-state index < -0.39 is 11.8 Å². The number of carbonyl (C=O) groups excluding carboxylic acids is 2. The third-order valence-electron chi connectivity index (χ3n) is 2.69. The van der Waals surface area contributed by atoms with Gasteiger partial charge in [-0.1, -0.05) is 45.0 Å². The van der Waals surface area contributed by atoms with Crippen molar-refractivity contribution in [1.82, 2.24) is 0 Å². The number of Topliss-reactive ketones (excluding diaryl/α,β-unsaturated/α-hetero) is 1.